The number of hydrogen-bond donors (Lipinski definition) is 0. The van der Waals surface area contributed by atoms with E-state index in [-0.39, 0.29) is 21.6 Å². The number of fused-ring (bicyclic) bond motifs is 18. The second kappa shape index (κ2) is 16.5. The van der Waals surface area contributed by atoms with Crippen LogP contribution in [0.25, 0.3) is 0 Å². The Morgan fingerprint density at radius 2 is 0.978 bits per heavy atom. The van der Waals surface area contributed by atoms with Crippen LogP contribution in [0.5, 0.6) is 0 Å². The van der Waals surface area contributed by atoms with Gasteiger partial charge in [0.2, 0.25) is 15.7 Å². The monoisotopic (exact) mass is 736 g/mol. The molecule has 8 bridgehead atoms. The van der Waals surface area contributed by atoms with Gasteiger partial charge in [0.1, 0.15) is 0 Å². The van der Waals surface area contributed by atoms with Crippen molar-refractivity contribution in [2.24, 2.45) is 82.9 Å². The molecule has 4 nitrogen and oxygen atoms in total. The van der Waals surface area contributed by atoms with E-state index in [1.54, 1.807) is 11.8 Å². The quantitative estimate of drug-likeness (QED) is 0.140. The molecule has 8 aliphatic carbocycles. The summed E-state index contributed by atoms with van der Waals surface area (Å²) in [5.74, 6) is 16.5. The normalized spacial score (nSPS) is 43.0. The highest BCUT2D eigenvalue weighted by molar-refractivity contribution is 8.14. The van der Waals surface area contributed by atoms with Gasteiger partial charge in [0.25, 0.3) is 0 Å². The third kappa shape index (κ3) is 8.33. The van der Waals surface area contributed by atoms with Crippen LogP contribution in [0.1, 0.15) is 78.1 Å². The van der Waals surface area contributed by atoms with Crippen molar-refractivity contribution in [3.63, 3.8) is 0 Å². The predicted octanol–water partition coefficient (Wildman–Crippen LogP) is 9.27. The zero-order valence-corrected chi connectivity index (χ0v) is 31.7. The van der Waals surface area contributed by atoms with Crippen LogP contribution in [-0.4, -0.2) is 50.1 Å². The molecule has 254 valence electrons. The van der Waals surface area contributed by atoms with Crippen molar-refractivity contribution in [1.82, 2.24) is 0 Å². The molecule has 8 rings (SSSR count). The van der Waals surface area contributed by atoms with Gasteiger partial charge in [-0.1, -0.05) is 11.8 Å². The van der Waals surface area contributed by atoms with Gasteiger partial charge in [-0.05, 0) is 176 Å². The Morgan fingerprint density at radius 3 is 1.44 bits per heavy atom. The molecule has 0 heterocycles. The zero-order chi connectivity index (χ0) is 32.4. The van der Waals surface area contributed by atoms with Gasteiger partial charge in [-0.25, -0.2) is 0 Å². The average Bonchev–Trinajstić information content (AvgIpc) is 3.82. The van der Waals surface area contributed by atoms with Gasteiger partial charge in [-0.2, -0.15) is 23.5 Å². The molecule has 14 unspecified atom stereocenters. The summed E-state index contributed by atoms with van der Waals surface area (Å²) >= 11 is 20.6. The van der Waals surface area contributed by atoms with Crippen LogP contribution in [0.3, 0.4) is 0 Å². The summed E-state index contributed by atoms with van der Waals surface area (Å²) in [5, 5.41) is -0.206. The first kappa shape index (κ1) is 36.9. The molecule has 0 saturated heterocycles. The van der Waals surface area contributed by atoms with Gasteiger partial charge < -0.3 is 0 Å². The van der Waals surface area contributed by atoms with E-state index in [1.807, 2.05) is 23.5 Å². The van der Waals surface area contributed by atoms with Crippen LogP contribution in [0.2, 0.25) is 0 Å². The van der Waals surface area contributed by atoms with Crippen LogP contribution >= 0.6 is 70.1 Å². The fraction of sp³-hybridized carbons (Fsp3) is 0.886. The van der Waals surface area contributed by atoms with Crippen LogP contribution < -0.4 is 0 Å². The molecule has 0 aromatic heterocycles. The lowest BCUT2D eigenvalue weighted by Gasteiger charge is -2.38. The summed E-state index contributed by atoms with van der Waals surface area (Å²) in [4.78, 5) is 42.5. The first-order chi connectivity index (χ1) is 21.5. The number of thioether (sulfide) groups is 3. The summed E-state index contributed by atoms with van der Waals surface area (Å²) in [6, 6.07) is 0. The molecule has 0 N–H and O–H groups in total. The van der Waals surface area contributed by atoms with Gasteiger partial charge in [0, 0.05) is 48.7 Å². The Labute approximate surface area is 298 Å². The van der Waals surface area contributed by atoms with Crippen molar-refractivity contribution in [2.75, 3.05) is 29.3 Å². The van der Waals surface area contributed by atoms with Crippen LogP contribution in [0.15, 0.2) is 0 Å². The van der Waals surface area contributed by atoms with E-state index in [1.165, 1.54) is 83.1 Å². The Balaban J connectivity index is 0.000000150. The van der Waals surface area contributed by atoms with E-state index < -0.39 is 0 Å². The van der Waals surface area contributed by atoms with Crippen LogP contribution in [0, 0.1) is 82.9 Å². The smallest absolute Gasteiger partial charge is 0.225 e. The molecule has 0 aromatic rings. The van der Waals surface area contributed by atoms with Gasteiger partial charge in [-0.3, -0.25) is 19.2 Å². The van der Waals surface area contributed by atoms with Gasteiger partial charge in [0.05, 0.1) is 0 Å². The standard InChI is InChI=1S/C18H28OS3.C13H17ClO.2C2H3ClO/c1-20-4-5-21-6-7-22-18(19)15-10-13-9-14(15)17-12-3-2-11(8-12)16(13)17;14-13(15)10-5-8-4-9(10)12-7-2-1-6(3-7)11(8)12;2*1-2(3)4/h11-17H,2-10H2,1H3;6-12H,1-5H2;2*1H3. The van der Waals surface area contributed by atoms with E-state index in [0.717, 1.165) is 83.0 Å². The highest BCUT2D eigenvalue weighted by atomic mass is 35.5. The summed E-state index contributed by atoms with van der Waals surface area (Å²) in [7, 11) is 0. The van der Waals surface area contributed by atoms with Crippen molar-refractivity contribution in [2.45, 2.75) is 78.1 Å². The Hall–Kier alpha value is 0.600. The minimum absolute atomic E-state index is 0.0382. The van der Waals surface area contributed by atoms with E-state index in [4.69, 9.17) is 11.6 Å². The van der Waals surface area contributed by atoms with Crippen molar-refractivity contribution in [1.29, 1.82) is 0 Å². The second-order valence-corrected chi connectivity index (χ2v) is 19.7. The van der Waals surface area contributed by atoms with Crippen molar-refractivity contribution >= 4 is 90.9 Å². The maximum Gasteiger partial charge on any atom is 0.225 e. The maximum atomic E-state index is 12.7. The topological polar surface area (TPSA) is 68.3 Å². The Morgan fingerprint density at radius 1 is 0.556 bits per heavy atom. The number of rotatable bonds is 8. The molecule has 10 heteroatoms. The lowest BCUT2D eigenvalue weighted by molar-refractivity contribution is -0.118. The molecule has 14 atom stereocenters. The van der Waals surface area contributed by atoms with E-state index >= 15 is 0 Å². The molecule has 0 radical (unpaired) electrons. The van der Waals surface area contributed by atoms with Gasteiger partial charge in [-0.15, -0.1) is 0 Å². The number of halogens is 3. The second-order valence-electron chi connectivity index (χ2n) is 15.0. The molecule has 0 spiro atoms. The number of hydrogen-bond acceptors (Lipinski definition) is 7. The predicted molar refractivity (Wildman–Crippen MR) is 192 cm³/mol. The summed E-state index contributed by atoms with van der Waals surface area (Å²) in [6.07, 6.45) is 16.2. The highest BCUT2D eigenvalue weighted by Crippen LogP contribution is 2.70. The molecular formula is C35H51Cl3O4S3. The molecule has 8 saturated carbocycles. The first-order valence-corrected chi connectivity index (χ1v) is 21.9. The third-order valence-corrected chi connectivity index (χ3v) is 16.4. The van der Waals surface area contributed by atoms with Crippen LogP contribution in [-0.2, 0) is 19.2 Å². The maximum absolute atomic E-state index is 12.7. The van der Waals surface area contributed by atoms with Crippen molar-refractivity contribution in [3.05, 3.63) is 0 Å². The number of carbonyl (C=O) groups excluding carboxylic acids is 4. The highest BCUT2D eigenvalue weighted by Gasteiger charge is 2.64. The SMILES string of the molecule is CC(=O)Cl.CC(=O)Cl.CSCCSCCSC(=O)C1CC2CC1C1C3CCC(C3)C21.O=C(Cl)C1CC2CC1C1C3CCC(C3)C21. The molecular weight excluding hydrogens is 687 g/mol. The molecule has 0 amide bonds. The zero-order valence-electron chi connectivity index (χ0n) is 27.0. The Bertz CT molecular complexity index is 1070. The third-order valence-electron chi connectivity index (χ3n) is 13.0. The van der Waals surface area contributed by atoms with Crippen molar-refractivity contribution in [3.8, 4) is 0 Å². The first-order valence-electron chi connectivity index (χ1n) is 17.3. The van der Waals surface area contributed by atoms with E-state index in [2.05, 4.69) is 29.5 Å². The van der Waals surface area contributed by atoms with E-state index in [9.17, 15) is 19.2 Å². The molecule has 0 aromatic carbocycles. The minimum atomic E-state index is -0.361. The molecule has 0 aliphatic heterocycles. The Kier molecular flexibility index (Phi) is 13.6. The fourth-order valence-corrected chi connectivity index (χ4v) is 15.3. The average molecular weight is 738 g/mol. The number of carbonyl (C=O) groups is 4. The summed E-state index contributed by atoms with van der Waals surface area (Å²) in [6.45, 7) is 2.59. The van der Waals surface area contributed by atoms with Gasteiger partial charge in [0.15, 0.2) is 5.12 Å². The molecule has 8 fully saturated rings. The van der Waals surface area contributed by atoms with Crippen molar-refractivity contribution < 1.29 is 19.2 Å². The lowest BCUT2D eigenvalue weighted by Crippen LogP contribution is -2.35. The largest absolute Gasteiger partial charge is 0.287 e. The minimum Gasteiger partial charge on any atom is -0.287 e. The summed E-state index contributed by atoms with van der Waals surface area (Å²) in [5.41, 5.74) is 0. The fourth-order valence-electron chi connectivity index (χ4n) is 12.2. The lowest BCUT2D eigenvalue weighted by atomic mass is 9.68. The summed E-state index contributed by atoms with van der Waals surface area (Å²) < 4.78 is 0. The van der Waals surface area contributed by atoms with Crippen LogP contribution in [0.4, 0.5) is 0 Å². The van der Waals surface area contributed by atoms with Gasteiger partial charge >= 0.3 is 0 Å². The molecule has 45 heavy (non-hydrogen) atoms. The molecule has 8 aliphatic rings. The van der Waals surface area contributed by atoms with E-state index in [0.29, 0.717) is 17.0 Å².